The molecule has 1 aromatic carbocycles. The van der Waals surface area contributed by atoms with Gasteiger partial charge in [-0.25, -0.2) is 13.6 Å². The molecule has 3 aliphatic heterocycles. The predicted octanol–water partition coefficient (Wildman–Crippen LogP) is 1.97. The molecule has 3 heterocycles. The van der Waals surface area contributed by atoms with Gasteiger partial charge in [-0.3, -0.25) is 10.2 Å². The van der Waals surface area contributed by atoms with Gasteiger partial charge in [0.1, 0.15) is 12.4 Å². The summed E-state index contributed by atoms with van der Waals surface area (Å²) in [6.07, 6.45) is -1.37. The van der Waals surface area contributed by atoms with Gasteiger partial charge in [0.2, 0.25) is 6.36 Å². The summed E-state index contributed by atoms with van der Waals surface area (Å²) in [5, 5.41) is 2.86. The first-order valence-corrected chi connectivity index (χ1v) is 8.65. The zero-order chi connectivity index (χ0) is 18.3. The Balaban J connectivity index is 1.45. The van der Waals surface area contributed by atoms with Crippen molar-refractivity contribution in [1.82, 2.24) is 5.32 Å². The minimum Gasteiger partial charge on any atom is -0.428 e. The Labute approximate surface area is 149 Å². The molecule has 1 spiro atoms. The highest BCUT2D eigenvalue weighted by atomic mass is 19.1. The van der Waals surface area contributed by atoms with E-state index in [1.165, 1.54) is 11.0 Å². The molecule has 142 valence electrons. The van der Waals surface area contributed by atoms with E-state index in [9.17, 15) is 13.6 Å². The van der Waals surface area contributed by atoms with Crippen LogP contribution in [0.4, 0.5) is 25.0 Å². The largest absolute Gasteiger partial charge is 0.428 e. The third kappa shape index (κ3) is 3.10. The van der Waals surface area contributed by atoms with E-state index in [0.717, 1.165) is 0 Å². The molecule has 2 atom stereocenters. The Morgan fingerprint density at radius 3 is 2.65 bits per heavy atom. The van der Waals surface area contributed by atoms with E-state index in [1.807, 2.05) is 4.90 Å². The molecule has 0 bridgehead atoms. The number of anilines is 2. The van der Waals surface area contributed by atoms with Crippen molar-refractivity contribution in [3.63, 3.8) is 0 Å². The highest BCUT2D eigenvalue weighted by molar-refractivity contribution is 5.90. The lowest BCUT2D eigenvalue weighted by Gasteiger charge is -2.38. The number of halogens is 2. The van der Waals surface area contributed by atoms with Crippen molar-refractivity contribution in [1.29, 1.82) is 0 Å². The Morgan fingerprint density at radius 1 is 1.31 bits per heavy atom. The van der Waals surface area contributed by atoms with Crippen LogP contribution in [0.15, 0.2) is 18.2 Å². The van der Waals surface area contributed by atoms with Crippen molar-refractivity contribution in [2.24, 2.45) is 0 Å². The lowest BCUT2D eigenvalue weighted by molar-refractivity contribution is -0.194. The third-order valence-electron chi connectivity index (χ3n) is 5.06. The molecule has 26 heavy (non-hydrogen) atoms. The van der Waals surface area contributed by atoms with Gasteiger partial charge in [-0.2, -0.15) is 0 Å². The van der Waals surface area contributed by atoms with Crippen LogP contribution in [0.2, 0.25) is 0 Å². The van der Waals surface area contributed by atoms with Gasteiger partial charge in [-0.1, -0.05) is 0 Å². The van der Waals surface area contributed by atoms with Crippen LogP contribution in [0, 0.1) is 5.82 Å². The number of hydrogen-bond donors (Lipinski definition) is 1. The number of carbonyl (C=O) groups excluding carboxylic acids is 1. The van der Waals surface area contributed by atoms with E-state index in [4.69, 9.17) is 14.2 Å². The molecule has 0 radical (unpaired) electrons. The first-order valence-electron chi connectivity index (χ1n) is 8.65. The van der Waals surface area contributed by atoms with E-state index >= 15 is 0 Å². The van der Waals surface area contributed by atoms with Crippen molar-refractivity contribution in [3.05, 3.63) is 24.0 Å². The summed E-state index contributed by atoms with van der Waals surface area (Å²) < 4.78 is 43.7. The van der Waals surface area contributed by atoms with Gasteiger partial charge in [-0.15, -0.1) is 0 Å². The molecule has 4 rings (SSSR count). The highest BCUT2D eigenvalue weighted by Crippen LogP contribution is 2.37. The van der Waals surface area contributed by atoms with E-state index in [0.29, 0.717) is 43.9 Å². The average Bonchev–Trinajstić information content (AvgIpc) is 3.19. The van der Waals surface area contributed by atoms with E-state index < -0.39 is 30.3 Å². The molecule has 3 aliphatic rings. The molecule has 0 aliphatic carbocycles. The summed E-state index contributed by atoms with van der Waals surface area (Å²) in [5.74, 6) is -1.30. The van der Waals surface area contributed by atoms with Crippen molar-refractivity contribution in [2.75, 3.05) is 43.1 Å². The third-order valence-corrected chi connectivity index (χ3v) is 5.06. The molecule has 0 saturated carbocycles. The second-order valence-electron chi connectivity index (χ2n) is 6.64. The summed E-state index contributed by atoms with van der Waals surface area (Å²) >= 11 is 0. The molecule has 1 amide bonds. The van der Waals surface area contributed by atoms with Crippen LogP contribution in [0.5, 0.6) is 0 Å². The maximum Gasteiger partial charge on any atom is 0.416 e. The topological polar surface area (TPSA) is 63.3 Å². The Morgan fingerprint density at radius 2 is 2.08 bits per heavy atom. The first-order chi connectivity index (χ1) is 12.5. The lowest BCUT2D eigenvalue weighted by atomic mass is 10.0. The van der Waals surface area contributed by atoms with Gasteiger partial charge in [0.25, 0.3) is 0 Å². The second-order valence-corrected chi connectivity index (χ2v) is 6.64. The van der Waals surface area contributed by atoms with E-state index in [2.05, 4.69) is 5.32 Å². The number of rotatable bonds is 3. The van der Waals surface area contributed by atoms with Crippen molar-refractivity contribution >= 4 is 17.5 Å². The summed E-state index contributed by atoms with van der Waals surface area (Å²) in [6.45, 7) is 1.26. The Kier molecular flexibility index (Phi) is 4.45. The van der Waals surface area contributed by atoms with Gasteiger partial charge < -0.3 is 19.1 Å². The summed E-state index contributed by atoms with van der Waals surface area (Å²) in [7, 11) is 1.69. The van der Waals surface area contributed by atoms with Gasteiger partial charge in [0.05, 0.1) is 17.9 Å². The fourth-order valence-electron chi connectivity index (χ4n) is 3.61. The number of carbonyl (C=O) groups is 1. The molecule has 3 fully saturated rings. The zero-order valence-electron chi connectivity index (χ0n) is 14.4. The smallest absolute Gasteiger partial charge is 0.416 e. The first kappa shape index (κ1) is 17.4. The molecule has 1 N–H and O–H groups in total. The highest BCUT2D eigenvalue weighted by Gasteiger charge is 2.44. The number of amides is 1. The Bertz CT molecular complexity index is 697. The average molecular weight is 369 g/mol. The second kappa shape index (κ2) is 6.64. The van der Waals surface area contributed by atoms with Crippen LogP contribution >= 0.6 is 0 Å². The molecule has 7 nitrogen and oxygen atoms in total. The fourth-order valence-corrected chi connectivity index (χ4v) is 3.61. The SMILES string of the molecule is CN[C@@H]1CN(c2ccc(N3CCC4(CC3)OCC(F)O4)c(F)c2)C(=O)O1. The summed E-state index contributed by atoms with van der Waals surface area (Å²) in [6, 6.07) is 4.68. The number of hydrogen-bond acceptors (Lipinski definition) is 6. The van der Waals surface area contributed by atoms with Gasteiger partial charge in [-0.05, 0) is 25.2 Å². The Hall–Kier alpha value is -1.97. The van der Waals surface area contributed by atoms with Crippen molar-refractivity contribution in [3.8, 4) is 0 Å². The van der Waals surface area contributed by atoms with Crippen LogP contribution in [-0.4, -0.2) is 57.8 Å². The zero-order valence-corrected chi connectivity index (χ0v) is 14.4. The maximum absolute atomic E-state index is 14.7. The van der Waals surface area contributed by atoms with E-state index in [1.54, 1.807) is 19.2 Å². The number of likely N-dealkylation sites (N-methyl/N-ethyl adjacent to an activating group) is 1. The minimum absolute atomic E-state index is 0.0530. The van der Waals surface area contributed by atoms with Crippen molar-refractivity contribution < 1.29 is 27.8 Å². The molecular weight excluding hydrogens is 348 g/mol. The lowest BCUT2D eigenvalue weighted by Crippen LogP contribution is -2.45. The standard InChI is InChI=1S/C17H21F2N3O4/c1-20-15-9-22(16(23)25-15)11-2-3-13(12(18)8-11)21-6-4-17(5-7-21)24-10-14(19)26-17/h2-3,8,14-15,20H,4-7,9-10H2,1H3/t14?,15-/m0/s1. The maximum atomic E-state index is 14.7. The van der Waals surface area contributed by atoms with Gasteiger partial charge in [0.15, 0.2) is 12.0 Å². The number of cyclic esters (lactones) is 1. The van der Waals surface area contributed by atoms with Crippen LogP contribution in [0.3, 0.4) is 0 Å². The van der Waals surface area contributed by atoms with Crippen LogP contribution in [0.1, 0.15) is 12.8 Å². The number of ether oxygens (including phenoxy) is 3. The van der Waals surface area contributed by atoms with Crippen LogP contribution in [0.25, 0.3) is 0 Å². The number of alkyl halides is 1. The quantitative estimate of drug-likeness (QED) is 0.879. The number of nitrogens with one attached hydrogen (secondary N) is 1. The molecule has 3 saturated heterocycles. The predicted molar refractivity (Wildman–Crippen MR) is 89.2 cm³/mol. The number of benzene rings is 1. The van der Waals surface area contributed by atoms with Crippen LogP contribution in [-0.2, 0) is 14.2 Å². The van der Waals surface area contributed by atoms with E-state index in [-0.39, 0.29) is 6.61 Å². The molecule has 1 aromatic rings. The summed E-state index contributed by atoms with van der Waals surface area (Å²) in [4.78, 5) is 15.2. The number of piperidine rings is 1. The van der Waals surface area contributed by atoms with Gasteiger partial charge in [0, 0.05) is 25.9 Å². The summed E-state index contributed by atoms with van der Waals surface area (Å²) in [5.41, 5.74) is 0.890. The van der Waals surface area contributed by atoms with Crippen LogP contribution < -0.4 is 15.1 Å². The normalized spacial score (nSPS) is 28.0. The molecule has 9 heteroatoms. The molecule has 1 unspecified atom stereocenters. The van der Waals surface area contributed by atoms with Crippen molar-refractivity contribution in [2.45, 2.75) is 31.2 Å². The molecular formula is C17H21F2N3O4. The van der Waals surface area contributed by atoms with Gasteiger partial charge >= 0.3 is 6.09 Å². The molecule has 0 aromatic heterocycles. The minimum atomic E-state index is -1.39. The fraction of sp³-hybridized carbons (Fsp3) is 0.588. The monoisotopic (exact) mass is 369 g/mol. The number of nitrogens with zero attached hydrogens (tertiary/aromatic N) is 2.